The molecule has 54 valence electrons. The Balaban J connectivity index is 1.80. The van der Waals surface area contributed by atoms with Gasteiger partial charge in [0.05, 0.1) is 33.0 Å². The first-order valence-electron chi connectivity index (χ1n) is 3.20. The highest BCUT2D eigenvalue weighted by atomic mass is 16.5. The molecular formula is C6H12O3. The normalized spacial score (nSPS) is 19.7. The molecule has 0 bridgehead atoms. The van der Waals surface area contributed by atoms with Gasteiger partial charge in [-0.3, -0.25) is 0 Å². The van der Waals surface area contributed by atoms with Crippen molar-refractivity contribution >= 4 is 0 Å². The highest BCUT2D eigenvalue weighted by Gasteiger charge is 2.17. The van der Waals surface area contributed by atoms with Crippen molar-refractivity contribution in [1.82, 2.24) is 0 Å². The summed E-state index contributed by atoms with van der Waals surface area (Å²) in [6, 6.07) is 0. The maximum atomic E-state index is 8.31. The van der Waals surface area contributed by atoms with Crippen LogP contribution in [-0.4, -0.2) is 38.1 Å². The molecule has 0 aromatic heterocycles. The summed E-state index contributed by atoms with van der Waals surface area (Å²) in [6.07, 6.45) is 0. The largest absolute Gasteiger partial charge is 0.394 e. The molecule has 1 N–H and O–H groups in total. The van der Waals surface area contributed by atoms with Crippen molar-refractivity contribution in [2.75, 3.05) is 33.0 Å². The van der Waals surface area contributed by atoms with Gasteiger partial charge >= 0.3 is 0 Å². The third kappa shape index (κ3) is 2.30. The molecule has 1 saturated heterocycles. The predicted octanol–water partition coefficient (Wildman–Crippen LogP) is -0.358. The lowest BCUT2D eigenvalue weighted by Crippen LogP contribution is -2.31. The van der Waals surface area contributed by atoms with Crippen LogP contribution < -0.4 is 0 Å². The van der Waals surface area contributed by atoms with E-state index in [9.17, 15) is 0 Å². The summed E-state index contributed by atoms with van der Waals surface area (Å²) >= 11 is 0. The second-order valence-corrected chi connectivity index (χ2v) is 2.20. The van der Waals surface area contributed by atoms with Gasteiger partial charge in [-0.15, -0.1) is 0 Å². The standard InChI is InChI=1S/C6H12O3/c7-1-2-8-3-6-4-9-5-6/h6-7H,1-5H2. The van der Waals surface area contributed by atoms with Crippen LogP contribution in [0, 0.1) is 5.92 Å². The Morgan fingerprint density at radius 1 is 1.56 bits per heavy atom. The molecule has 0 atom stereocenters. The van der Waals surface area contributed by atoms with Crippen molar-refractivity contribution in [3.05, 3.63) is 0 Å². The van der Waals surface area contributed by atoms with Gasteiger partial charge in [-0.2, -0.15) is 0 Å². The van der Waals surface area contributed by atoms with Gasteiger partial charge in [-0.05, 0) is 0 Å². The fraction of sp³-hybridized carbons (Fsp3) is 1.00. The van der Waals surface area contributed by atoms with E-state index >= 15 is 0 Å². The van der Waals surface area contributed by atoms with Crippen molar-refractivity contribution < 1.29 is 14.6 Å². The van der Waals surface area contributed by atoms with Gasteiger partial charge in [-0.1, -0.05) is 0 Å². The molecule has 1 fully saturated rings. The lowest BCUT2D eigenvalue weighted by molar-refractivity contribution is -0.0746. The molecule has 9 heavy (non-hydrogen) atoms. The van der Waals surface area contributed by atoms with Crippen LogP contribution in [0.25, 0.3) is 0 Å². The second kappa shape index (κ2) is 3.82. The Bertz CT molecular complexity index is 70.7. The summed E-state index contributed by atoms with van der Waals surface area (Å²) < 4.78 is 9.98. The minimum Gasteiger partial charge on any atom is -0.394 e. The number of rotatable bonds is 4. The molecule has 0 spiro atoms. The zero-order valence-electron chi connectivity index (χ0n) is 5.38. The van der Waals surface area contributed by atoms with Crippen LogP contribution in [0.3, 0.4) is 0 Å². The lowest BCUT2D eigenvalue weighted by atomic mass is 10.1. The van der Waals surface area contributed by atoms with E-state index in [1.54, 1.807) is 0 Å². The van der Waals surface area contributed by atoms with Gasteiger partial charge in [0.2, 0.25) is 0 Å². The maximum absolute atomic E-state index is 8.31. The molecule has 1 heterocycles. The van der Waals surface area contributed by atoms with Gasteiger partial charge in [-0.25, -0.2) is 0 Å². The summed E-state index contributed by atoms with van der Waals surface area (Å²) in [6.45, 7) is 2.96. The fourth-order valence-electron chi connectivity index (χ4n) is 0.695. The average molecular weight is 132 g/mol. The molecular weight excluding hydrogens is 120 g/mol. The minimum atomic E-state index is 0.119. The summed E-state index contributed by atoms with van der Waals surface area (Å²) in [4.78, 5) is 0. The van der Waals surface area contributed by atoms with Gasteiger partial charge in [0.15, 0.2) is 0 Å². The first kappa shape index (κ1) is 6.99. The topological polar surface area (TPSA) is 38.7 Å². The van der Waals surface area contributed by atoms with Gasteiger partial charge < -0.3 is 14.6 Å². The Kier molecular flexibility index (Phi) is 2.97. The molecule has 3 nitrogen and oxygen atoms in total. The second-order valence-electron chi connectivity index (χ2n) is 2.20. The predicted molar refractivity (Wildman–Crippen MR) is 32.2 cm³/mol. The van der Waals surface area contributed by atoms with Crippen molar-refractivity contribution in [2.24, 2.45) is 5.92 Å². The van der Waals surface area contributed by atoms with Crippen molar-refractivity contribution in [3.63, 3.8) is 0 Å². The summed E-state index contributed by atoms with van der Waals surface area (Å²) in [7, 11) is 0. The molecule has 1 rings (SSSR count). The van der Waals surface area contributed by atoms with Crippen LogP contribution in [-0.2, 0) is 9.47 Å². The number of hydrogen-bond acceptors (Lipinski definition) is 3. The number of aliphatic hydroxyl groups is 1. The van der Waals surface area contributed by atoms with Crippen LogP contribution in [0.2, 0.25) is 0 Å². The molecule has 3 heteroatoms. The first-order valence-corrected chi connectivity index (χ1v) is 3.20. The SMILES string of the molecule is OCCOCC1COC1. The highest BCUT2D eigenvalue weighted by Crippen LogP contribution is 2.09. The van der Waals surface area contributed by atoms with E-state index in [0.29, 0.717) is 12.5 Å². The monoisotopic (exact) mass is 132 g/mol. The number of hydrogen-bond donors (Lipinski definition) is 1. The third-order valence-electron chi connectivity index (χ3n) is 1.30. The van der Waals surface area contributed by atoms with Gasteiger partial charge in [0.25, 0.3) is 0 Å². The molecule has 0 amide bonds. The smallest absolute Gasteiger partial charge is 0.0697 e. The van der Waals surface area contributed by atoms with Crippen molar-refractivity contribution in [3.8, 4) is 0 Å². The lowest BCUT2D eigenvalue weighted by Gasteiger charge is -2.25. The van der Waals surface area contributed by atoms with Crippen LogP contribution in [0.4, 0.5) is 0 Å². The van der Waals surface area contributed by atoms with E-state index in [2.05, 4.69) is 0 Å². The number of aliphatic hydroxyl groups excluding tert-OH is 1. The highest BCUT2D eigenvalue weighted by molar-refractivity contribution is 4.63. The van der Waals surface area contributed by atoms with Crippen LogP contribution >= 0.6 is 0 Å². The van der Waals surface area contributed by atoms with Crippen molar-refractivity contribution in [2.45, 2.75) is 0 Å². The molecule has 0 aromatic rings. The van der Waals surface area contributed by atoms with E-state index in [-0.39, 0.29) is 6.61 Å². The Labute approximate surface area is 54.6 Å². The quantitative estimate of drug-likeness (QED) is 0.531. The summed E-state index contributed by atoms with van der Waals surface area (Å²) in [5.41, 5.74) is 0. The molecule has 0 radical (unpaired) electrons. The maximum Gasteiger partial charge on any atom is 0.0697 e. The molecule has 0 unspecified atom stereocenters. The summed E-state index contributed by atoms with van der Waals surface area (Å²) in [5.74, 6) is 0.580. The van der Waals surface area contributed by atoms with Crippen LogP contribution in [0.5, 0.6) is 0 Å². The zero-order valence-corrected chi connectivity index (χ0v) is 5.38. The zero-order chi connectivity index (χ0) is 6.53. The minimum absolute atomic E-state index is 0.119. The molecule has 0 aliphatic carbocycles. The van der Waals surface area contributed by atoms with Crippen LogP contribution in [0.15, 0.2) is 0 Å². The van der Waals surface area contributed by atoms with Crippen LogP contribution in [0.1, 0.15) is 0 Å². The van der Waals surface area contributed by atoms with E-state index in [0.717, 1.165) is 19.8 Å². The number of ether oxygens (including phenoxy) is 2. The van der Waals surface area contributed by atoms with Gasteiger partial charge in [0, 0.05) is 5.92 Å². The molecule has 0 aromatic carbocycles. The Morgan fingerprint density at radius 2 is 2.33 bits per heavy atom. The van der Waals surface area contributed by atoms with Gasteiger partial charge in [0.1, 0.15) is 0 Å². The first-order chi connectivity index (χ1) is 4.43. The van der Waals surface area contributed by atoms with E-state index < -0.39 is 0 Å². The molecule has 1 aliphatic rings. The molecule has 0 saturated carbocycles. The van der Waals surface area contributed by atoms with E-state index in [4.69, 9.17) is 14.6 Å². The average Bonchev–Trinajstić information content (AvgIpc) is 1.76. The Morgan fingerprint density at radius 3 is 2.78 bits per heavy atom. The molecule has 1 aliphatic heterocycles. The van der Waals surface area contributed by atoms with E-state index in [1.807, 2.05) is 0 Å². The third-order valence-corrected chi connectivity index (χ3v) is 1.30. The summed E-state index contributed by atoms with van der Waals surface area (Å²) in [5, 5.41) is 8.31. The Hall–Kier alpha value is -0.120. The van der Waals surface area contributed by atoms with E-state index in [1.165, 1.54) is 0 Å². The van der Waals surface area contributed by atoms with Crippen molar-refractivity contribution in [1.29, 1.82) is 0 Å². The fourth-order valence-corrected chi connectivity index (χ4v) is 0.695.